The highest BCUT2D eigenvalue weighted by Crippen LogP contribution is 2.34. The van der Waals surface area contributed by atoms with E-state index in [1.165, 1.54) is 0 Å². The highest BCUT2D eigenvalue weighted by Gasteiger charge is 2.27. The van der Waals surface area contributed by atoms with Gasteiger partial charge in [0.2, 0.25) is 0 Å². The molecule has 5 rings (SSSR count). The van der Waals surface area contributed by atoms with Crippen LogP contribution in [0.1, 0.15) is 33.9 Å². The van der Waals surface area contributed by atoms with Crippen molar-refractivity contribution < 1.29 is 9.90 Å². The first-order valence-corrected chi connectivity index (χ1v) is 10.4. The monoisotopic (exact) mass is 430 g/mol. The molecule has 0 unspecified atom stereocenters. The molecule has 0 radical (unpaired) electrons. The highest BCUT2D eigenvalue weighted by molar-refractivity contribution is 6.41. The SMILES string of the molecule is O=C(N[C@H](CO)c1cccc(Cl)c1)C1=Nc2cc3c(cc2C1)CN=C3c1ccncc1. The minimum absolute atomic E-state index is 0.230. The van der Waals surface area contributed by atoms with Gasteiger partial charge in [-0.1, -0.05) is 29.8 Å². The summed E-state index contributed by atoms with van der Waals surface area (Å²) >= 11 is 6.04. The summed E-state index contributed by atoms with van der Waals surface area (Å²) < 4.78 is 0. The smallest absolute Gasteiger partial charge is 0.266 e. The van der Waals surface area contributed by atoms with Gasteiger partial charge in [-0.15, -0.1) is 0 Å². The predicted octanol–water partition coefficient (Wildman–Crippen LogP) is 3.56. The molecule has 1 aromatic heterocycles. The van der Waals surface area contributed by atoms with Gasteiger partial charge in [0.25, 0.3) is 5.91 Å². The van der Waals surface area contributed by atoms with Crippen molar-refractivity contribution >= 4 is 34.6 Å². The van der Waals surface area contributed by atoms with Crippen molar-refractivity contribution in [1.82, 2.24) is 10.3 Å². The molecule has 2 N–H and O–H groups in total. The van der Waals surface area contributed by atoms with Gasteiger partial charge < -0.3 is 10.4 Å². The van der Waals surface area contributed by atoms with Crippen LogP contribution in [0, 0.1) is 0 Å². The molecule has 1 amide bonds. The highest BCUT2D eigenvalue weighted by atomic mass is 35.5. The number of rotatable bonds is 5. The number of aliphatic hydroxyl groups is 1. The molecule has 154 valence electrons. The van der Waals surface area contributed by atoms with Gasteiger partial charge in [-0.2, -0.15) is 0 Å². The van der Waals surface area contributed by atoms with Gasteiger partial charge in [0, 0.05) is 35.0 Å². The minimum Gasteiger partial charge on any atom is -0.394 e. The number of aliphatic hydroxyl groups excluding tert-OH is 1. The lowest BCUT2D eigenvalue weighted by Gasteiger charge is -2.17. The topological polar surface area (TPSA) is 86.9 Å². The third-order valence-electron chi connectivity index (χ3n) is 5.54. The average molecular weight is 431 g/mol. The van der Waals surface area contributed by atoms with E-state index >= 15 is 0 Å². The maximum Gasteiger partial charge on any atom is 0.266 e. The Balaban J connectivity index is 1.38. The van der Waals surface area contributed by atoms with E-state index in [-0.39, 0.29) is 12.5 Å². The van der Waals surface area contributed by atoms with Crippen LogP contribution in [0.5, 0.6) is 0 Å². The van der Waals surface area contributed by atoms with Crippen molar-refractivity contribution in [2.45, 2.75) is 19.0 Å². The summed E-state index contributed by atoms with van der Waals surface area (Å²) in [7, 11) is 0. The first-order valence-electron chi connectivity index (χ1n) is 9.98. The predicted molar refractivity (Wildman–Crippen MR) is 120 cm³/mol. The molecule has 2 aromatic carbocycles. The molecule has 0 spiro atoms. The van der Waals surface area contributed by atoms with E-state index in [0.29, 0.717) is 23.7 Å². The number of halogens is 1. The second-order valence-corrected chi connectivity index (χ2v) is 7.97. The van der Waals surface area contributed by atoms with Gasteiger partial charge in [-0.25, -0.2) is 4.99 Å². The normalized spacial score (nSPS) is 15.0. The van der Waals surface area contributed by atoms with Crippen LogP contribution in [-0.2, 0) is 17.8 Å². The first-order chi connectivity index (χ1) is 15.1. The zero-order chi connectivity index (χ0) is 21.4. The third kappa shape index (κ3) is 3.76. The van der Waals surface area contributed by atoms with Gasteiger partial charge >= 0.3 is 0 Å². The maximum atomic E-state index is 12.9. The quantitative estimate of drug-likeness (QED) is 0.648. The molecule has 1 atom stereocenters. The van der Waals surface area contributed by atoms with Crippen molar-refractivity contribution in [2.24, 2.45) is 9.98 Å². The number of carbonyl (C=O) groups is 1. The molecule has 3 heterocycles. The number of nitrogens with zero attached hydrogens (tertiary/aromatic N) is 3. The van der Waals surface area contributed by atoms with Gasteiger partial charge in [-0.3, -0.25) is 14.8 Å². The largest absolute Gasteiger partial charge is 0.394 e. The second kappa shape index (κ2) is 8.06. The third-order valence-corrected chi connectivity index (χ3v) is 5.77. The molecule has 0 fully saturated rings. The van der Waals surface area contributed by atoms with Crippen LogP contribution in [-0.4, -0.2) is 34.0 Å². The molecule has 2 aliphatic heterocycles. The Morgan fingerprint density at radius 2 is 1.97 bits per heavy atom. The number of nitrogens with one attached hydrogen (secondary N) is 1. The summed E-state index contributed by atoms with van der Waals surface area (Å²) in [5, 5.41) is 13.2. The average Bonchev–Trinajstić information content (AvgIpc) is 3.39. The molecule has 2 aliphatic rings. The number of aliphatic imine (C=N–C) groups is 2. The van der Waals surface area contributed by atoms with E-state index in [2.05, 4.69) is 26.4 Å². The number of pyridine rings is 1. The Labute approximate surface area is 184 Å². The summed E-state index contributed by atoms with van der Waals surface area (Å²) in [6.07, 6.45) is 3.95. The van der Waals surface area contributed by atoms with Crippen LogP contribution in [0.15, 0.2) is 70.9 Å². The van der Waals surface area contributed by atoms with E-state index in [0.717, 1.165) is 39.2 Å². The number of hydrogen-bond acceptors (Lipinski definition) is 5. The number of carbonyl (C=O) groups excluding carboxylic acids is 1. The zero-order valence-corrected chi connectivity index (χ0v) is 17.3. The summed E-state index contributed by atoms with van der Waals surface area (Å²) in [5.74, 6) is -0.293. The van der Waals surface area contributed by atoms with Crippen LogP contribution in [0.2, 0.25) is 5.02 Å². The fourth-order valence-corrected chi connectivity index (χ4v) is 4.18. The zero-order valence-electron chi connectivity index (χ0n) is 16.5. The van der Waals surface area contributed by atoms with Crippen LogP contribution in [0.4, 0.5) is 5.69 Å². The van der Waals surface area contributed by atoms with E-state index in [1.54, 1.807) is 30.6 Å². The Hall–Kier alpha value is -3.35. The molecule has 0 aliphatic carbocycles. The van der Waals surface area contributed by atoms with E-state index in [1.807, 2.05) is 24.3 Å². The van der Waals surface area contributed by atoms with Crippen LogP contribution in [0.25, 0.3) is 0 Å². The second-order valence-electron chi connectivity index (χ2n) is 7.54. The Morgan fingerprint density at radius 1 is 1.13 bits per heavy atom. The van der Waals surface area contributed by atoms with E-state index in [9.17, 15) is 9.90 Å². The molecule has 3 aromatic rings. The van der Waals surface area contributed by atoms with Crippen molar-refractivity contribution in [3.05, 3.63) is 93.8 Å². The lowest BCUT2D eigenvalue weighted by molar-refractivity contribution is -0.115. The van der Waals surface area contributed by atoms with Gasteiger partial charge in [0.15, 0.2) is 0 Å². The Morgan fingerprint density at radius 3 is 2.74 bits per heavy atom. The van der Waals surface area contributed by atoms with E-state index in [4.69, 9.17) is 11.6 Å². The number of amides is 1. The minimum atomic E-state index is -0.548. The standard InChI is InChI=1S/C24H19ClN4O2/c25-18-3-1-2-15(9-18)22(13-30)29-24(31)21-10-16-8-17-12-27-23(14-4-6-26-7-5-14)19(17)11-20(16)28-21/h1-9,11,22,30H,10,12-13H2,(H,29,31)/t22-/m1/s1. The number of aromatic nitrogens is 1. The number of benzene rings is 2. The molecule has 6 nitrogen and oxygen atoms in total. The summed E-state index contributed by atoms with van der Waals surface area (Å²) in [6.45, 7) is 0.384. The Bertz CT molecular complexity index is 1240. The Kier molecular flexibility index (Phi) is 5.10. The molecule has 0 saturated heterocycles. The molecule has 0 bridgehead atoms. The maximum absolute atomic E-state index is 12.9. The van der Waals surface area contributed by atoms with Gasteiger partial charge in [0.05, 0.1) is 30.6 Å². The summed E-state index contributed by atoms with van der Waals surface area (Å²) in [4.78, 5) is 26.2. The van der Waals surface area contributed by atoms with Gasteiger partial charge in [0.1, 0.15) is 5.71 Å². The summed E-state index contributed by atoms with van der Waals surface area (Å²) in [5.41, 5.74) is 7.10. The lowest BCUT2D eigenvalue weighted by Crippen LogP contribution is -2.36. The molecule has 0 saturated carbocycles. The van der Waals surface area contributed by atoms with Crippen LogP contribution < -0.4 is 5.32 Å². The molecular formula is C24H19ClN4O2. The first kappa shape index (κ1) is 19.6. The van der Waals surface area contributed by atoms with Crippen molar-refractivity contribution in [3.8, 4) is 0 Å². The fraction of sp³-hybridized carbons (Fsp3) is 0.167. The van der Waals surface area contributed by atoms with Crippen LogP contribution >= 0.6 is 11.6 Å². The molecule has 31 heavy (non-hydrogen) atoms. The van der Waals surface area contributed by atoms with Crippen molar-refractivity contribution in [2.75, 3.05) is 6.61 Å². The van der Waals surface area contributed by atoms with Crippen LogP contribution in [0.3, 0.4) is 0 Å². The summed E-state index contributed by atoms with van der Waals surface area (Å²) in [6, 6.07) is 14.5. The molecular weight excluding hydrogens is 412 g/mol. The van der Waals surface area contributed by atoms with Crippen molar-refractivity contribution in [3.63, 3.8) is 0 Å². The molecule has 7 heteroatoms. The number of fused-ring (bicyclic) bond motifs is 2. The fourth-order valence-electron chi connectivity index (χ4n) is 3.98. The van der Waals surface area contributed by atoms with Crippen molar-refractivity contribution in [1.29, 1.82) is 0 Å². The van der Waals surface area contributed by atoms with Gasteiger partial charge in [-0.05, 0) is 47.0 Å². The number of hydrogen-bond donors (Lipinski definition) is 2. The lowest BCUT2D eigenvalue weighted by atomic mass is 9.97. The van der Waals surface area contributed by atoms with E-state index < -0.39 is 6.04 Å².